The highest BCUT2D eigenvalue weighted by Crippen LogP contribution is 2.25. The van der Waals surface area contributed by atoms with Gasteiger partial charge in [-0.25, -0.2) is 0 Å². The van der Waals surface area contributed by atoms with Crippen LogP contribution in [0.4, 0.5) is 0 Å². The molecule has 0 saturated heterocycles. The van der Waals surface area contributed by atoms with Gasteiger partial charge in [-0.1, -0.05) is 30.3 Å². The highest BCUT2D eigenvalue weighted by Gasteiger charge is 2.15. The Morgan fingerprint density at radius 2 is 1.75 bits per heavy atom. The van der Waals surface area contributed by atoms with Crippen molar-refractivity contribution in [2.24, 2.45) is 0 Å². The monoisotopic (exact) mass is 279 g/mol. The second-order valence-corrected chi connectivity index (χ2v) is 5.25. The Labute approximate surface area is 121 Å². The van der Waals surface area contributed by atoms with Crippen LogP contribution in [0.2, 0.25) is 0 Å². The summed E-state index contributed by atoms with van der Waals surface area (Å²) in [4.78, 5) is 18.1. The quantitative estimate of drug-likeness (QED) is 0.532. The summed E-state index contributed by atoms with van der Waals surface area (Å²) in [5, 5.41) is 0.899. The lowest BCUT2D eigenvalue weighted by Gasteiger charge is -2.08. The van der Waals surface area contributed by atoms with Gasteiger partial charge in [0.2, 0.25) is 0 Å². The molecule has 0 N–H and O–H groups in total. The van der Waals surface area contributed by atoms with Crippen molar-refractivity contribution in [3.8, 4) is 0 Å². The van der Waals surface area contributed by atoms with Crippen LogP contribution in [0.1, 0.15) is 15.9 Å². The minimum Gasteiger partial charge on any atom is -0.289 e. The molecule has 0 aliphatic rings. The molecule has 0 amide bonds. The van der Waals surface area contributed by atoms with Gasteiger partial charge in [-0.2, -0.15) is 0 Å². The molecule has 1 heterocycles. The first-order valence-electron chi connectivity index (χ1n) is 6.33. The van der Waals surface area contributed by atoms with Gasteiger partial charge in [-0.05, 0) is 30.5 Å². The zero-order valence-corrected chi connectivity index (χ0v) is 11.9. The molecule has 0 fully saturated rings. The molecule has 0 atom stereocenters. The highest BCUT2D eigenvalue weighted by atomic mass is 32.2. The molecule has 3 heteroatoms. The van der Waals surface area contributed by atoms with E-state index >= 15 is 0 Å². The molecule has 20 heavy (non-hydrogen) atoms. The predicted octanol–water partition coefficient (Wildman–Crippen LogP) is 4.19. The first-order chi connectivity index (χ1) is 9.81. The van der Waals surface area contributed by atoms with E-state index in [9.17, 15) is 4.79 Å². The highest BCUT2D eigenvalue weighted by molar-refractivity contribution is 7.98. The molecule has 3 rings (SSSR count). The number of rotatable bonds is 3. The number of hydrogen-bond donors (Lipinski definition) is 0. The number of benzene rings is 2. The number of ketones is 1. The third-order valence-corrected chi connectivity index (χ3v) is 4.04. The molecule has 3 aromatic rings. The van der Waals surface area contributed by atoms with Gasteiger partial charge in [0.05, 0.1) is 5.52 Å². The predicted molar refractivity (Wildman–Crippen MR) is 83.4 cm³/mol. The van der Waals surface area contributed by atoms with Gasteiger partial charge in [-0.3, -0.25) is 9.78 Å². The normalized spacial score (nSPS) is 10.7. The average Bonchev–Trinajstić information content (AvgIpc) is 2.53. The third kappa shape index (κ3) is 2.21. The van der Waals surface area contributed by atoms with Gasteiger partial charge in [0.15, 0.2) is 5.78 Å². The molecule has 98 valence electrons. The van der Waals surface area contributed by atoms with Crippen molar-refractivity contribution < 1.29 is 4.79 Å². The Morgan fingerprint density at radius 3 is 2.60 bits per heavy atom. The van der Waals surface area contributed by atoms with Gasteiger partial charge in [0, 0.05) is 27.6 Å². The number of aromatic nitrogens is 1. The van der Waals surface area contributed by atoms with E-state index in [0.717, 1.165) is 21.4 Å². The smallest absolute Gasteiger partial charge is 0.194 e. The summed E-state index contributed by atoms with van der Waals surface area (Å²) in [6.07, 6.45) is 3.73. The van der Waals surface area contributed by atoms with Crippen molar-refractivity contribution in [1.29, 1.82) is 0 Å². The molecule has 0 spiro atoms. The fraction of sp³-hybridized carbons (Fsp3) is 0.0588. The maximum atomic E-state index is 12.8. The standard InChI is InChI=1S/C17H13NOS/c1-20-16-10-3-2-6-14(16)17(19)13-7-4-9-15-12(13)8-5-11-18-15/h2-11H,1H3. The Bertz CT molecular complexity index is 777. The van der Waals surface area contributed by atoms with Crippen LogP contribution in [0.15, 0.2) is 65.7 Å². The topological polar surface area (TPSA) is 30.0 Å². The Hall–Kier alpha value is -2.13. The van der Waals surface area contributed by atoms with Crippen molar-refractivity contribution in [2.75, 3.05) is 6.26 Å². The molecule has 2 nitrogen and oxygen atoms in total. The number of fused-ring (bicyclic) bond motifs is 1. The lowest BCUT2D eigenvalue weighted by Crippen LogP contribution is -2.04. The van der Waals surface area contributed by atoms with Crippen molar-refractivity contribution in [3.63, 3.8) is 0 Å². The summed E-state index contributed by atoms with van der Waals surface area (Å²) in [6, 6.07) is 17.2. The van der Waals surface area contributed by atoms with E-state index < -0.39 is 0 Å². The fourth-order valence-electron chi connectivity index (χ4n) is 2.28. The van der Waals surface area contributed by atoms with Gasteiger partial charge < -0.3 is 0 Å². The SMILES string of the molecule is CSc1ccccc1C(=O)c1cccc2ncccc12. The number of carbonyl (C=O) groups excluding carboxylic acids is 1. The van der Waals surface area contributed by atoms with Crippen LogP contribution in [0.25, 0.3) is 10.9 Å². The fourth-order valence-corrected chi connectivity index (χ4v) is 2.87. The number of pyridine rings is 1. The van der Waals surface area contributed by atoms with Crippen LogP contribution in [0.5, 0.6) is 0 Å². The van der Waals surface area contributed by atoms with E-state index in [0.29, 0.717) is 5.56 Å². The van der Waals surface area contributed by atoms with Crippen molar-refractivity contribution >= 4 is 28.4 Å². The molecule has 0 bridgehead atoms. The summed E-state index contributed by atoms with van der Waals surface area (Å²) < 4.78 is 0. The second-order valence-electron chi connectivity index (χ2n) is 4.41. The minimum atomic E-state index is 0.0496. The van der Waals surface area contributed by atoms with E-state index in [4.69, 9.17) is 0 Å². The lowest BCUT2D eigenvalue weighted by atomic mass is 9.99. The van der Waals surface area contributed by atoms with Crippen molar-refractivity contribution in [3.05, 3.63) is 71.9 Å². The van der Waals surface area contributed by atoms with Crippen LogP contribution in [-0.4, -0.2) is 17.0 Å². The molecular weight excluding hydrogens is 266 g/mol. The lowest BCUT2D eigenvalue weighted by molar-refractivity contribution is 0.103. The van der Waals surface area contributed by atoms with Crippen LogP contribution in [0.3, 0.4) is 0 Å². The van der Waals surface area contributed by atoms with Gasteiger partial charge >= 0.3 is 0 Å². The maximum Gasteiger partial charge on any atom is 0.194 e. The summed E-state index contributed by atoms with van der Waals surface area (Å²) in [5.41, 5.74) is 2.30. The van der Waals surface area contributed by atoms with E-state index in [-0.39, 0.29) is 5.78 Å². The number of carbonyl (C=O) groups is 1. The molecule has 0 aliphatic heterocycles. The number of nitrogens with zero attached hydrogens (tertiary/aromatic N) is 1. The summed E-state index contributed by atoms with van der Waals surface area (Å²) >= 11 is 1.59. The van der Waals surface area contributed by atoms with E-state index in [1.165, 1.54) is 0 Å². The first-order valence-corrected chi connectivity index (χ1v) is 7.55. The third-order valence-electron chi connectivity index (χ3n) is 3.24. The molecule has 0 saturated carbocycles. The largest absolute Gasteiger partial charge is 0.289 e. The van der Waals surface area contributed by atoms with Crippen molar-refractivity contribution in [2.45, 2.75) is 4.90 Å². The maximum absolute atomic E-state index is 12.8. The van der Waals surface area contributed by atoms with Crippen LogP contribution in [0, 0.1) is 0 Å². The van der Waals surface area contributed by atoms with Gasteiger partial charge in [0.25, 0.3) is 0 Å². The van der Waals surface area contributed by atoms with Gasteiger partial charge in [-0.15, -0.1) is 11.8 Å². The van der Waals surface area contributed by atoms with Crippen molar-refractivity contribution in [1.82, 2.24) is 4.98 Å². The van der Waals surface area contributed by atoms with E-state index in [1.54, 1.807) is 18.0 Å². The van der Waals surface area contributed by atoms with Crippen LogP contribution < -0.4 is 0 Å². The number of thioether (sulfide) groups is 1. The van der Waals surface area contributed by atoms with Crippen LogP contribution >= 0.6 is 11.8 Å². The Kier molecular flexibility index (Phi) is 3.52. The second kappa shape index (κ2) is 5.47. The summed E-state index contributed by atoms with van der Waals surface area (Å²) in [5.74, 6) is 0.0496. The molecule has 0 unspecified atom stereocenters. The molecular formula is C17H13NOS. The zero-order chi connectivity index (χ0) is 13.9. The first kappa shape index (κ1) is 12.9. The summed E-state index contributed by atoms with van der Waals surface area (Å²) in [6.45, 7) is 0. The molecule has 2 aromatic carbocycles. The zero-order valence-electron chi connectivity index (χ0n) is 11.0. The Morgan fingerprint density at radius 1 is 0.950 bits per heavy atom. The average molecular weight is 279 g/mol. The molecule has 1 aromatic heterocycles. The van der Waals surface area contributed by atoms with E-state index in [2.05, 4.69) is 4.98 Å². The van der Waals surface area contributed by atoms with E-state index in [1.807, 2.05) is 60.9 Å². The minimum absolute atomic E-state index is 0.0496. The number of hydrogen-bond acceptors (Lipinski definition) is 3. The Balaban J connectivity index is 2.18. The molecule has 0 radical (unpaired) electrons. The molecule has 0 aliphatic carbocycles. The van der Waals surface area contributed by atoms with Gasteiger partial charge in [0.1, 0.15) is 0 Å². The summed E-state index contributed by atoms with van der Waals surface area (Å²) in [7, 11) is 0. The van der Waals surface area contributed by atoms with Crippen LogP contribution in [-0.2, 0) is 0 Å².